The molecule has 1 unspecified atom stereocenters. The van der Waals surface area contributed by atoms with Crippen molar-refractivity contribution in [2.45, 2.75) is 19.4 Å². The average Bonchev–Trinajstić information content (AvgIpc) is 2.95. The SMILES string of the molecule is Cc1cc2n(n1)C(c1ccccc1)CC(c1ccc(Cl)cc1)=N2. The number of aromatic nitrogens is 2. The molecule has 1 aliphatic heterocycles. The molecule has 3 aromatic rings. The van der Waals surface area contributed by atoms with E-state index in [0.717, 1.165) is 34.2 Å². The number of rotatable bonds is 2. The van der Waals surface area contributed by atoms with Crippen molar-refractivity contribution in [2.75, 3.05) is 0 Å². The summed E-state index contributed by atoms with van der Waals surface area (Å²) in [5.41, 5.74) is 4.42. The Balaban J connectivity index is 1.81. The van der Waals surface area contributed by atoms with Crippen LogP contribution < -0.4 is 0 Å². The van der Waals surface area contributed by atoms with E-state index in [1.807, 2.05) is 48.0 Å². The molecule has 1 atom stereocenters. The van der Waals surface area contributed by atoms with Crippen LogP contribution in [0.1, 0.15) is 29.3 Å². The van der Waals surface area contributed by atoms with Crippen LogP contribution in [0.15, 0.2) is 65.7 Å². The molecule has 1 aliphatic rings. The third-order valence-corrected chi connectivity index (χ3v) is 4.38. The highest BCUT2D eigenvalue weighted by atomic mass is 35.5. The summed E-state index contributed by atoms with van der Waals surface area (Å²) >= 11 is 6.01. The van der Waals surface area contributed by atoms with Crippen molar-refractivity contribution in [1.29, 1.82) is 0 Å². The lowest BCUT2D eigenvalue weighted by Crippen LogP contribution is -2.21. The summed E-state index contributed by atoms with van der Waals surface area (Å²) in [5.74, 6) is 0.910. The molecule has 0 fully saturated rings. The van der Waals surface area contributed by atoms with Crippen LogP contribution in [0.25, 0.3) is 0 Å². The predicted molar refractivity (Wildman–Crippen MR) is 93.8 cm³/mol. The van der Waals surface area contributed by atoms with Gasteiger partial charge in [0.2, 0.25) is 0 Å². The van der Waals surface area contributed by atoms with Crippen LogP contribution in [0.3, 0.4) is 0 Å². The molecule has 0 N–H and O–H groups in total. The fourth-order valence-electron chi connectivity index (χ4n) is 3.03. The van der Waals surface area contributed by atoms with Crippen LogP contribution in [-0.4, -0.2) is 15.5 Å². The summed E-state index contributed by atoms with van der Waals surface area (Å²) in [6, 6.07) is 20.6. The molecule has 23 heavy (non-hydrogen) atoms. The van der Waals surface area contributed by atoms with Crippen LogP contribution in [0, 0.1) is 6.92 Å². The molecule has 2 heterocycles. The van der Waals surface area contributed by atoms with Crippen molar-refractivity contribution in [2.24, 2.45) is 4.99 Å². The van der Waals surface area contributed by atoms with Gasteiger partial charge >= 0.3 is 0 Å². The number of halogens is 1. The number of aliphatic imine (C=N–C) groups is 1. The maximum absolute atomic E-state index is 6.01. The third-order valence-electron chi connectivity index (χ3n) is 4.13. The van der Waals surface area contributed by atoms with Gasteiger partial charge in [0.25, 0.3) is 0 Å². The summed E-state index contributed by atoms with van der Waals surface area (Å²) in [4.78, 5) is 4.82. The Bertz CT molecular complexity index is 863. The smallest absolute Gasteiger partial charge is 0.151 e. The van der Waals surface area contributed by atoms with E-state index in [4.69, 9.17) is 16.6 Å². The normalized spacial score (nSPS) is 16.8. The first kappa shape index (κ1) is 14.2. The van der Waals surface area contributed by atoms with Gasteiger partial charge in [0.05, 0.1) is 17.4 Å². The van der Waals surface area contributed by atoms with E-state index in [-0.39, 0.29) is 6.04 Å². The minimum atomic E-state index is 0.170. The molecule has 4 heteroatoms. The molecule has 2 aromatic carbocycles. The van der Waals surface area contributed by atoms with Crippen molar-refractivity contribution in [1.82, 2.24) is 9.78 Å². The molecule has 0 saturated carbocycles. The number of fused-ring (bicyclic) bond motifs is 1. The second-order valence-corrected chi connectivity index (χ2v) is 6.22. The van der Waals surface area contributed by atoms with Crippen molar-refractivity contribution in [3.05, 3.63) is 82.5 Å². The van der Waals surface area contributed by atoms with Crippen LogP contribution in [-0.2, 0) is 0 Å². The Morgan fingerprint density at radius 2 is 1.78 bits per heavy atom. The summed E-state index contributed by atoms with van der Waals surface area (Å²) in [5, 5.41) is 5.38. The number of benzene rings is 2. The van der Waals surface area contributed by atoms with Crippen molar-refractivity contribution >= 4 is 23.1 Å². The van der Waals surface area contributed by atoms with E-state index in [1.54, 1.807) is 0 Å². The first-order valence-corrected chi connectivity index (χ1v) is 8.03. The van der Waals surface area contributed by atoms with Crippen LogP contribution in [0.5, 0.6) is 0 Å². The maximum Gasteiger partial charge on any atom is 0.151 e. The van der Waals surface area contributed by atoms with Crippen molar-refractivity contribution in [3.63, 3.8) is 0 Å². The van der Waals surface area contributed by atoms with E-state index in [9.17, 15) is 0 Å². The molecule has 114 valence electrons. The van der Waals surface area contributed by atoms with Crippen LogP contribution >= 0.6 is 11.6 Å². The predicted octanol–water partition coefficient (Wildman–Crippen LogP) is 4.96. The maximum atomic E-state index is 6.01. The molecule has 0 spiro atoms. The molecule has 0 saturated heterocycles. The minimum absolute atomic E-state index is 0.170. The van der Waals surface area contributed by atoms with Gasteiger partial charge in [-0.3, -0.25) is 0 Å². The summed E-state index contributed by atoms with van der Waals surface area (Å²) in [6.45, 7) is 2.00. The first-order chi connectivity index (χ1) is 11.2. The highest BCUT2D eigenvalue weighted by Crippen LogP contribution is 2.34. The standard InChI is InChI=1S/C19H16ClN3/c1-13-11-19-21-17(14-7-9-16(20)10-8-14)12-18(23(19)22-13)15-5-3-2-4-6-15/h2-11,18H,12H2,1H3. The number of aryl methyl sites for hydroxylation is 1. The lowest BCUT2D eigenvalue weighted by Gasteiger charge is -2.24. The first-order valence-electron chi connectivity index (χ1n) is 7.65. The summed E-state index contributed by atoms with van der Waals surface area (Å²) < 4.78 is 2.03. The van der Waals surface area contributed by atoms with Gasteiger partial charge in [-0.05, 0) is 30.2 Å². The minimum Gasteiger partial charge on any atom is -0.240 e. The molecule has 0 bridgehead atoms. The third kappa shape index (κ3) is 2.68. The zero-order valence-corrected chi connectivity index (χ0v) is 13.5. The van der Waals surface area contributed by atoms with Gasteiger partial charge in [0.15, 0.2) is 5.82 Å². The van der Waals surface area contributed by atoms with Crippen LogP contribution in [0.4, 0.5) is 5.82 Å². The molecule has 3 nitrogen and oxygen atoms in total. The van der Waals surface area contributed by atoms with Gasteiger partial charge in [0.1, 0.15) is 0 Å². The average molecular weight is 322 g/mol. The molecular formula is C19H16ClN3. The molecule has 0 radical (unpaired) electrons. The van der Waals surface area contributed by atoms with Gasteiger partial charge in [-0.25, -0.2) is 9.67 Å². The molecule has 0 aliphatic carbocycles. The van der Waals surface area contributed by atoms with Gasteiger partial charge in [-0.2, -0.15) is 5.10 Å². The molecule has 4 rings (SSSR count). The highest BCUT2D eigenvalue weighted by Gasteiger charge is 2.25. The Kier molecular flexibility index (Phi) is 3.50. The number of hydrogen-bond acceptors (Lipinski definition) is 2. The van der Waals surface area contributed by atoms with E-state index in [0.29, 0.717) is 0 Å². The Hall–Kier alpha value is -2.39. The Morgan fingerprint density at radius 1 is 1.04 bits per heavy atom. The largest absolute Gasteiger partial charge is 0.240 e. The van der Waals surface area contributed by atoms with Gasteiger partial charge in [0, 0.05) is 17.5 Å². The van der Waals surface area contributed by atoms with E-state index >= 15 is 0 Å². The fraction of sp³-hybridized carbons (Fsp3) is 0.158. The monoisotopic (exact) mass is 321 g/mol. The van der Waals surface area contributed by atoms with Crippen molar-refractivity contribution in [3.8, 4) is 0 Å². The zero-order chi connectivity index (χ0) is 15.8. The quantitative estimate of drug-likeness (QED) is 0.656. The number of nitrogens with zero attached hydrogens (tertiary/aromatic N) is 3. The van der Waals surface area contributed by atoms with Crippen molar-refractivity contribution < 1.29 is 0 Å². The van der Waals surface area contributed by atoms with E-state index in [1.165, 1.54) is 5.56 Å². The lowest BCUT2D eigenvalue weighted by atomic mass is 9.96. The molecular weight excluding hydrogens is 306 g/mol. The fourth-order valence-corrected chi connectivity index (χ4v) is 3.15. The highest BCUT2D eigenvalue weighted by molar-refractivity contribution is 6.30. The molecule has 0 amide bonds. The van der Waals surface area contributed by atoms with Crippen LogP contribution in [0.2, 0.25) is 5.02 Å². The lowest BCUT2D eigenvalue weighted by molar-refractivity contribution is 0.529. The van der Waals surface area contributed by atoms with E-state index < -0.39 is 0 Å². The zero-order valence-electron chi connectivity index (χ0n) is 12.8. The Labute approximate surface area is 140 Å². The topological polar surface area (TPSA) is 30.2 Å². The van der Waals surface area contributed by atoms with Gasteiger partial charge < -0.3 is 0 Å². The Morgan fingerprint density at radius 3 is 2.52 bits per heavy atom. The second kappa shape index (κ2) is 5.67. The molecule has 1 aromatic heterocycles. The van der Waals surface area contributed by atoms with Gasteiger partial charge in [-0.1, -0.05) is 54.1 Å². The van der Waals surface area contributed by atoms with E-state index in [2.05, 4.69) is 29.4 Å². The second-order valence-electron chi connectivity index (χ2n) is 5.78. The number of hydrogen-bond donors (Lipinski definition) is 0. The summed E-state index contributed by atoms with van der Waals surface area (Å²) in [7, 11) is 0. The summed E-state index contributed by atoms with van der Waals surface area (Å²) in [6.07, 6.45) is 0.819. The van der Waals surface area contributed by atoms with Gasteiger partial charge in [-0.15, -0.1) is 0 Å².